The van der Waals surface area contributed by atoms with Gasteiger partial charge in [-0.15, -0.1) is 0 Å². The van der Waals surface area contributed by atoms with Crippen molar-refractivity contribution in [2.24, 2.45) is 11.3 Å². The second-order valence-electron chi connectivity index (χ2n) is 6.90. The molecule has 108 valence electrons. The van der Waals surface area contributed by atoms with Crippen LogP contribution < -0.4 is 5.32 Å². The summed E-state index contributed by atoms with van der Waals surface area (Å²) in [5.74, 6) is 0.828. The fourth-order valence-electron chi connectivity index (χ4n) is 3.22. The Morgan fingerprint density at radius 3 is 2.68 bits per heavy atom. The molecule has 0 saturated heterocycles. The zero-order valence-electron chi connectivity index (χ0n) is 12.7. The Hall–Kier alpha value is -0.760. The molecule has 1 aromatic heterocycles. The van der Waals surface area contributed by atoms with Crippen LogP contribution in [0, 0.1) is 11.3 Å². The van der Waals surface area contributed by atoms with E-state index < -0.39 is 0 Å². The molecular weight excluding hydrogens is 234 g/mol. The smallest absolute Gasteiger partial charge is 0.0935 e. The highest BCUT2D eigenvalue weighted by atomic mass is 16.3. The number of furan rings is 1. The first kappa shape index (κ1) is 14.6. The average molecular weight is 263 g/mol. The van der Waals surface area contributed by atoms with Gasteiger partial charge in [0.2, 0.25) is 0 Å². The second kappa shape index (κ2) is 6.60. The van der Waals surface area contributed by atoms with Gasteiger partial charge in [0.1, 0.15) is 0 Å². The van der Waals surface area contributed by atoms with E-state index >= 15 is 0 Å². The summed E-state index contributed by atoms with van der Waals surface area (Å²) in [5, 5.41) is 3.76. The van der Waals surface area contributed by atoms with Crippen LogP contribution in [-0.4, -0.2) is 12.6 Å². The van der Waals surface area contributed by atoms with Gasteiger partial charge < -0.3 is 9.73 Å². The second-order valence-corrected chi connectivity index (χ2v) is 6.90. The zero-order valence-corrected chi connectivity index (χ0v) is 12.7. The van der Waals surface area contributed by atoms with Gasteiger partial charge in [0, 0.05) is 6.04 Å². The Morgan fingerprint density at radius 1 is 1.37 bits per heavy atom. The maximum absolute atomic E-state index is 5.21. The SMILES string of the molecule is CCCNC(Cc1ccoc1)C1CCC(C)(C)CC1. The Bertz CT molecular complexity index is 345. The van der Waals surface area contributed by atoms with Crippen molar-refractivity contribution in [2.45, 2.75) is 65.3 Å². The van der Waals surface area contributed by atoms with Gasteiger partial charge in [-0.3, -0.25) is 0 Å². The van der Waals surface area contributed by atoms with Gasteiger partial charge in [-0.25, -0.2) is 0 Å². The standard InChI is InChI=1S/C17H29NO/c1-4-10-18-16(12-14-7-11-19-13-14)15-5-8-17(2,3)9-6-15/h7,11,13,15-16,18H,4-6,8-10,12H2,1-3H3. The van der Waals surface area contributed by atoms with Crippen LogP contribution in [0.15, 0.2) is 23.0 Å². The maximum atomic E-state index is 5.21. The van der Waals surface area contributed by atoms with Gasteiger partial charge in [-0.2, -0.15) is 0 Å². The zero-order chi connectivity index (χ0) is 13.7. The topological polar surface area (TPSA) is 25.2 Å². The van der Waals surface area contributed by atoms with Crippen LogP contribution in [0.2, 0.25) is 0 Å². The van der Waals surface area contributed by atoms with E-state index in [-0.39, 0.29) is 0 Å². The summed E-state index contributed by atoms with van der Waals surface area (Å²) in [6.45, 7) is 8.19. The van der Waals surface area contributed by atoms with E-state index in [2.05, 4.69) is 32.2 Å². The van der Waals surface area contributed by atoms with Crippen LogP contribution in [-0.2, 0) is 6.42 Å². The maximum Gasteiger partial charge on any atom is 0.0935 e. The highest BCUT2D eigenvalue weighted by Gasteiger charge is 2.31. The molecule has 1 fully saturated rings. The summed E-state index contributed by atoms with van der Waals surface area (Å²) in [6, 6.07) is 2.72. The third-order valence-corrected chi connectivity index (χ3v) is 4.65. The van der Waals surface area contributed by atoms with Gasteiger partial charge in [0.05, 0.1) is 12.5 Å². The molecule has 0 amide bonds. The third kappa shape index (κ3) is 4.38. The molecule has 0 spiro atoms. The van der Waals surface area contributed by atoms with Crippen molar-refractivity contribution in [3.8, 4) is 0 Å². The quantitative estimate of drug-likeness (QED) is 0.822. The molecule has 1 saturated carbocycles. The van der Waals surface area contributed by atoms with E-state index in [0.29, 0.717) is 11.5 Å². The minimum atomic E-state index is 0.557. The highest BCUT2D eigenvalue weighted by Crippen LogP contribution is 2.39. The summed E-state index contributed by atoms with van der Waals surface area (Å²) in [4.78, 5) is 0. The predicted molar refractivity (Wildman–Crippen MR) is 80.2 cm³/mol. The summed E-state index contributed by atoms with van der Waals surface area (Å²) >= 11 is 0. The average Bonchev–Trinajstić information content (AvgIpc) is 2.87. The number of hydrogen-bond donors (Lipinski definition) is 1. The first-order chi connectivity index (χ1) is 9.11. The molecular formula is C17H29NO. The monoisotopic (exact) mass is 263 g/mol. The van der Waals surface area contributed by atoms with Gasteiger partial charge in [0.15, 0.2) is 0 Å². The third-order valence-electron chi connectivity index (χ3n) is 4.65. The van der Waals surface area contributed by atoms with Crippen molar-refractivity contribution in [3.05, 3.63) is 24.2 Å². The molecule has 1 aromatic rings. The van der Waals surface area contributed by atoms with Gasteiger partial charge in [-0.05, 0) is 68.0 Å². The highest BCUT2D eigenvalue weighted by molar-refractivity contribution is 5.08. The van der Waals surface area contributed by atoms with Gasteiger partial charge in [0.25, 0.3) is 0 Å². The van der Waals surface area contributed by atoms with Crippen molar-refractivity contribution < 1.29 is 4.42 Å². The molecule has 2 rings (SSSR count). The fourth-order valence-corrected chi connectivity index (χ4v) is 3.22. The van der Waals surface area contributed by atoms with Gasteiger partial charge >= 0.3 is 0 Å². The first-order valence-corrected chi connectivity index (χ1v) is 7.85. The van der Waals surface area contributed by atoms with Crippen molar-refractivity contribution in [1.82, 2.24) is 5.32 Å². The molecule has 0 bridgehead atoms. The number of rotatable bonds is 6. The molecule has 1 unspecified atom stereocenters. The molecule has 0 radical (unpaired) electrons. The molecule has 2 nitrogen and oxygen atoms in total. The Balaban J connectivity index is 1.93. The van der Waals surface area contributed by atoms with E-state index in [0.717, 1.165) is 18.9 Å². The Labute approximate surface area is 118 Å². The van der Waals surface area contributed by atoms with E-state index in [9.17, 15) is 0 Å². The van der Waals surface area contributed by atoms with Crippen LogP contribution in [0.5, 0.6) is 0 Å². The Morgan fingerprint density at radius 2 is 2.11 bits per heavy atom. The summed E-state index contributed by atoms with van der Waals surface area (Å²) in [7, 11) is 0. The van der Waals surface area contributed by atoms with Crippen LogP contribution >= 0.6 is 0 Å². The van der Waals surface area contributed by atoms with Crippen LogP contribution in [0.4, 0.5) is 0 Å². The minimum Gasteiger partial charge on any atom is -0.472 e. The Kier molecular flexibility index (Phi) is 5.09. The molecule has 1 aliphatic rings. The lowest BCUT2D eigenvalue weighted by atomic mass is 9.70. The van der Waals surface area contributed by atoms with E-state index in [1.54, 1.807) is 6.26 Å². The van der Waals surface area contributed by atoms with E-state index in [1.165, 1.54) is 37.7 Å². The fraction of sp³-hybridized carbons (Fsp3) is 0.765. The summed E-state index contributed by atoms with van der Waals surface area (Å²) in [6.07, 6.45) is 11.5. The van der Waals surface area contributed by atoms with Crippen molar-refractivity contribution in [2.75, 3.05) is 6.54 Å². The molecule has 1 N–H and O–H groups in total. The number of hydrogen-bond acceptors (Lipinski definition) is 2. The van der Waals surface area contributed by atoms with Crippen LogP contribution in [0.1, 0.15) is 58.4 Å². The first-order valence-electron chi connectivity index (χ1n) is 7.85. The van der Waals surface area contributed by atoms with E-state index in [1.807, 2.05) is 6.26 Å². The number of nitrogens with one attached hydrogen (secondary N) is 1. The molecule has 0 aromatic carbocycles. The summed E-state index contributed by atoms with van der Waals surface area (Å²) in [5.41, 5.74) is 1.89. The molecule has 1 atom stereocenters. The van der Waals surface area contributed by atoms with Crippen LogP contribution in [0.3, 0.4) is 0 Å². The van der Waals surface area contributed by atoms with Crippen LogP contribution in [0.25, 0.3) is 0 Å². The summed E-state index contributed by atoms with van der Waals surface area (Å²) < 4.78 is 5.21. The lowest BCUT2D eigenvalue weighted by Crippen LogP contribution is -2.41. The lowest BCUT2D eigenvalue weighted by Gasteiger charge is -2.38. The normalized spacial score (nSPS) is 21.4. The van der Waals surface area contributed by atoms with Crippen molar-refractivity contribution in [1.29, 1.82) is 0 Å². The molecule has 1 heterocycles. The molecule has 2 heteroatoms. The molecule has 1 aliphatic carbocycles. The van der Waals surface area contributed by atoms with E-state index in [4.69, 9.17) is 4.42 Å². The van der Waals surface area contributed by atoms with Gasteiger partial charge in [-0.1, -0.05) is 20.8 Å². The minimum absolute atomic E-state index is 0.557. The lowest BCUT2D eigenvalue weighted by molar-refractivity contribution is 0.160. The molecule has 19 heavy (non-hydrogen) atoms. The van der Waals surface area contributed by atoms with Crippen molar-refractivity contribution in [3.63, 3.8) is 0 Å². The van der Waals surface area contributed by atoms with Crippen molar-refractivity contribution >= 4 is 0 Å². The molecule has 0 aliphatic heterocycles. The predicted octanol–water partition coefficient (Wildman–Crippen LogP) is 4.41. The largest absolute Gasteiger partial charge is 0.472 e.